The summed E-state index contributed by atoms with van der Waals surface area (Å²) in [6.07, 6.45) is -0.478. The molecule has 0 spiro atoms. The molecule has 0 radical (unpaired) electrons. The first-order chi connectivity index (χ1) is 15.2. The molecule has 1 amide bonds. The maximum Gasteiger partial charge on any atom is 0.277 e. The molecular weight excluding hydrogens is 436 g/mol. The molecule has 5 rings (SSSR count). The van der Waals surface area contributed by atoms with Crippen molar-refractivity contribution in [3.8, 4) is 11.5 Å². The molecule has 0 N–H and O–H groups in total. The Kier molecular flexibility index (Phi) is 5.47. The predicted molar refractivity (Wildman–Crippen MR) is 116 cm³/mol. The van der Waals surface area contributed by atoms with Gasteiger partial charge in [-0.1, -0.05) is 36.0 Å². The summed E-state index contributed by atoms with van der Waals surface area (Å²) in [5.41, 5.74) is 0.952. The molecule has 1 aliphatic heterocycles. The van der Waals surface area contributed by atoms with E-state index in [-0.39, 0.29) is 18.3 Å². The second kappa shape index (κ2) is 8.56. The fourth-order valence-corrected chi connectivity index (χ4v) is 4.79. The van der Waals surface area contributed by atoms with Crippen molar-refractivity contribution < 1.29 is 18.7 Å². The molecule has 8 nitrogen and oxygen atoms in total. The monoisotopic (exact) mass is 454 g/mol. The smallest absolute Gasteiger partial charge is 0.277 e. The Morgan fingerprint density at radius 3 is 2.84 bits per heavy atom. The molecule has 2 aromatic heterocycles. The van der Waals surface area contributed by atoms with Crippen LogP contribution in [0.5, 0.6) is 11.5 Å². The summed E-state index contributed by atoms with van der Waals surface area (Å²) in [4.78, 5) is 18.8. The van der Waals surface area contributed by atoms with E-state index in [1.165, 1.54) is 11.8 Å². The minimum atomic E-state index is -0.478. The lowest BCUT2D eigenvalue weighted by Crippen LogP contribution is -2.27. The predicted octanol–water partition coefficient (Wildman–Crippen LogP) is 3.94. The van der Waals surface area contributed by atoms with Crippen LogP contribution in [0.4, 0.5) is 0 Å². The molecule has 0 bridgehead atoms. The van der Waals surface area contributed by atoms with Gasteiger partial charge in [-0.3, -0.25) is 4.79 Å². The molecule has 4 aromatic rings. The molecule has 0 saturated carbocycles. The second-order valence-electron chi connectivity index (χ2n) is 6.88. The van der Waals surface area contributed by atoms with Gasteiger partial charge in [-0.05, 0) is 24.3 Å². The van der Waals surface area contributed by atoms with Gasteiger partial charge in [-0.2, -0.15) is 0 Å². The van der Waals surface area contributed by atoms with Crippen molar-refractivity contribution >= 4 is 39.2 Å². The second-order valence-corrected chi connectivity index (χ2v) is 8.93. The first-order valence-corrected chi connectivity index (χ1v) is 11.4. The van der Waals surface area contributed by atoms with Crippen LogP contribution in [0.15, 0.2) is 58.2 Å². The van der Waals surface area contributed by atoms with Crippen molar-refractivity contribution in [3.05, 3.63) is 59.4 Å². The standard InChI is InChI=1S/C21H18N4O4S2/c1-25(10-18-22-13-6-2-5-9-17(13)31-18)19(26)12-30-21-24-23-20(29-21)16-11-27-14-7-3-4-8-15(14)28-16/h2-9,16H,10-12H2,1H3. The van der Waals surface area contributed by atoms with E-state index < -0.39 is 6.10 Å². The lowest BCUT2D eigenvalue weighted by molar-refractivity contribution is -0.127. The summed E-state index contributed by atoms with van der Waals surface area (Å²) in [7, 11) is 1.76. The first-order valence-electron chi connectivity index (χ1n) is 9.59. The summed E-state index contributed by atoms with van der Waals surface area (Å²) < 4.78 is 18.4. The Bertz CT molecular complexity index is 1190. The number of thioether (sulfide) groups is 1. The average Bonchev–Trinajstić information content (AvgIpc) is 3.43. The van der Waals surface area contributed by atoms with Crippen LogP contribution >= 0.6 is 23.1 Å². The van der Waals surface area contributed by atoms with Crippen molar-refractivity contribution in [1.29, 1.82) is 0 Å². The fourth-order valence-electron chi connectivity index (χ4n) is 3.06. The summed E-state index contributed by atoms with van der Waals surface area (Å²) in [6, 6.07) is 15.4. The zero-order valence-electron chi connectivity index (χ0n) is 16.6. The molecule has 1 unspecified atom stereocenters. The van der Waals surface area contributed by atoms with Crippen LogP contribution in [-0.4, -0.2) is 45.4 Å². The molecule has 2 aromatic carbocycles. The topological polar surface area (TPSA) is 90.6 Å². The molecular formula is C21H18N4O4S2. The van der Waals surface area contributed by atoms with E-state index in [1.54, 1.807) is 23.3 Å². The van der Waals surface area contributed by atoms with Crippen LogP contribution in [-0.2, 0) is 11.3 Å². The SMILES string of the molecule is CN(Cc1nc2ccccc2s1)C(=O)CSc1nnc(C2COc3ccccc3O2)o1. The van der Waals surface area contributed by atoms with Crippen molar-refractivity contribution in [2.24, 2.45) is 0 Å². The van der Waals surface area contributed by atoms with Gasteiger partial charge in [-0.25, -0.2) is 4.98 Å². The zero-order chi connectivity index (χ0) is 21.2. The van der Waals surface area contributed by atoms with Gasteiger partial charge in [0.25, 0.3) is 11.1 Å². The molecule has 1 aliphatic rings. The number of hydrogen-bond acceptors (Lipinski definition) is 9. The Morgan fingerprint density at radius 2 is 1.97 bits per heavy atom. The lowest BCUT2D eigenvalue weighted by atomic mass is 10.2. The van der Waals surface area contributed by atoms with E-state index in [4.69, 9.17) is 13.9 Å². The maximum absolute atomic E-state index is 12.5. The summed E-state index contributed by atoms with van der Waals surface area (Å²) >= 11 is 2.79. The third kappa shape index (κ3) is 4.35. The van der Waals surface area contributed by atoms with E-state index >= 15 is 0 Å². The van der Waals surface area contributed by atoms with Crippen molar-refractivity contribution in [1.82, 2.24) is 20.1 Å². The Hall–Kier alpha value is -3.11. The number of carbonyl (C=O) groups is 1. The van der Waals surface area contributed by atoms with Crippen LogP contribution < -0.4 is 9.47 Å². The minimum absolute atomic E-state index is 0.0461. The number of carbonyl (C=O) groups excluding carboxylic acids is 1. The van der Waals surface area contributed by atoms with Gasteiger partial charge >= 0.3 is 0 Å². The highest BCUT2D eigenvalue weighted by Gasteiger charge is 2.27. The number of rotatable bonds is 6. The van der Waals surface area contributed by atoms with E-state index in [9.17, 15) is 4.79 Å². The summed E-state index contributed by atoms with van der Waals surface area (Å²) in [5, 5.41) is 9.29. The largest absolute Gasteiger partial charge is 0.485 e. The van der Waals surface area contributed by atoms with Crippen LogP contribution in [0, 0.1) is 0 Å². The van der Waals surface area contributed by atoms with E-state index in [0.717, 1.165) is 15.2 Å². The number of hydrogen-bond donors (Lipinski definition) is 0. The quantitative estimate of drug-likeness (QED) is 0.405. The van der Waals surface area contributed by atoms with E-state index in [1.807, 2.05) is 48.5 Å². The highest BCUT2D eigenvalue weighted by molar-refractivity contribution is 7.99. The Morgan fingerprint density at radius 1 is 1.16 bits per heavy atom. The van der Waals surface area contributed by atoms with Crippen LogP contribution in [0.25, 0.3) is 10.2 Å². The number of amides is 1. The van der Waals surface area contributed by atoms with Crippen molar-refractivity contribution in [3.63, 3.8) is 0 Å². The third-order valence-electron chi connectivity index (χ3n) is 4.66. The van der Waals surface area contributed by atoms with Gasteiger partial charge in [0.15, 0.2) is 11.5 Å². The highest BCUT2D eigenvalue weighted by atomic mass is 32.2. The van der Waals surface area contributed by atoms with Gasteiger partial charge < -0.3 is 18.8 Å². The van der Waals surface area contributed by atoms with E-state index in [0.29, 0.717) is 29.2 Å². The molecule has 0 aliphatic carbocycles. The van der Waals surface area contributed by atoms with Gasteiger partial charge in [-0.15, -0.1) is 21.5 Å². The number of ether oxygens (including phenoxy) is 2. The average molecular weight is 455 g/mol. The molecule has 158 valence electrons. The van der Waals surface area contributed by atoms with Gasteiger partial charge in [0.1, 0.15) is 11.6 Å². The first kappa shape index (κ1) is 19.8. The molecule has 3 heterocycles. The number of para-hydroxylation sites is 3. The summed E-state index contributed by atoms with van der Waals surface area (Å²) in [6.45, 7) is 0.744. The van der Waals surface area contributed by atoms with Crippen molar-refractivity contribution in [2.75, 3.05) is 19.4 Å². The maximum atomic E-state index is 12.5. The highest BCUT2D eigenvalue weighted by Crippen LogP contribution is 2.36. The summed E-state index contributed by atoms with van der Waals surface area (Å²) in [5.74, 6) is 1.79. The Labute approximate surface area is 186 Å². The molecule has 1 atom stereocenters. The number of thiazole rings is 1. The van der Waals surface area contributed by atoms with Gasteiger partial charge in [0.05, 0.1) is 22.5 Å². The molecule has 10 heteroatoms. The van der Waals surface area contributed by atoms with Crippen LogP contribution in [0.3, 0.4) is 0 Å². The fraction of sp³-hybridized carbons (Fsp3) is 0.238. The molecule has 31 heavy (non-hydrogen) atoms. The van der Waals surface area contributed by atoms with Gasteiger partial charge in [0, 0.05) is 7.05 Å². The molecule has 0 fully saturated rings. The molecule has 0 saturated heterocycles. The number of nitrogens with zero attached hydrogens (tertiary/aromatic N) is 4. The van der Waals surface area contributed by atoms with Gasteiger partial charge in [0.2, 0.25) is 12.0 Å². The third-order valence-corrected chi connectivity index (χ3v) is 6.49. The number of aromatic nitrogens is 3. The van der Waals surface area contributed by atoms with Crippen molar-refractivity contribution in [2.45, 2.75) is 17.9 Å². The lowest BCUT2D eigenvalue weighted by Gasteiger charge is -2.23. The number of benzene rings is 2. The van der Waals surface area contributed by atoms with Crippen LogP contribution in [0.1, 0.15) is 17.0 Å². The zero-order valence-corrected chi connectivity index (χ0v) is 18.2. The van der Waals surface area contributed by atoms with Crippen LogP contribution in [0.2, 0.25) is 0 Å². The van der Waals surface area contributed by atoms with E-state index in [2.05, 4.69) is 15.2 Å². The Balaban J connectivity index is 1.16. The minimum Gasteiger partial charge on any atom is -0.485 e. The number of fused-ring (bicyclic) bond motifs is 2. The normalized spacial score (nSPS) is 15.2.